The second kappa shape index (κ2) is 7.52. The molecule has 0 spiro atoms. The third-order valence-electron chi connectivity index (χ3n) is 3.93. The number of anilines is 1. The predicted octanol–water partition coefficient (Wildman–Crippen LogP) is 1.28. The van der Waals surface area contributed by atoms with Gasteiger partial charge in [0.25, 0.3) is 0 Å². The molecule has 0 atom stereocenters. The van der Waals surface area contributed by atoms with E-state index in [1.54, 1.807) is 6.33 Å². The van der Waals surface area contributed by atoms with Crippen molar-refractivity contribution in [1.29, 1.82) is 0 Å². The van der Waals surface area contributed by atoms with Gasteiger partial charge in [0.05, 0.1) is 6.54 Å². The molecule has 1 aromatic heterocycles. The van der Waals surface area contributed by atoms with Crippen molar-refractivity contribution < 1.29 is 4.79 Å². The van der Waals surface area contributed by atoms with Crippen molar-refractivity contribution in [1.82, 2.24) is 19.6 Å². The molecule has 0 unspecified atom stereocenters. The van der Waals surface area contributed by atoms with Crippen LogP contribution in [0.2, 0.25) is 0 Å². The monoisotopic (exact) mass is 331 g/mol. The molecule has 122 valence electrons. The number of carbonyl (C=O) groups is 1. The van der Waals surface area contributed by atoms with E-state index < -0.39 is 0 Å². The summed E-state index contributed by atoms with van der Waals surface area (Å²) < 4.78 is 4.04. The zero-order valence-electron chi connectivity index (χ0n) is 13.2. The van der Waals surface area contributed by atoms with Crippen molar-refractivity contribution in [2.75, 3.05) is 37.6 Å². The number of nitrogens with one attached hydrogen (secondary N) is 1. The van der Waals surface area contributed by atoms with Crippen LogP contribution in [0.4, 0.5) is 5.13 Å². The minimum atomic E-state index is 0.0795. The number of nitrogens with zero attached hydrogens (tertiary/aromatic N) is 4. The second-order valence-corrected chi connectivity index (χ2v) is 6.51. The van der Waals surface area contributed by atoms with E-state index in [-0.39, 0.29) is 5.91 Å². The van der Waals surface area contributed by atoms with Crippen LogP contribution in [0, 0.1) is 6.92 Å². The largest absolute Gasteiger partial charge is 0.351 e. The van der Waals surface area contributed by atoms with E-state index in [2.05, 4.69) is 43.5 Å². The van der Waals surface area contributed by atoms with E-state index in [9.17, 15) is 4.79 Å². The highest BCUT2D eigenvalue weighted by Gasteiger charge is 2.20. The van der Waals surface area contributed by atoms with Crippen LogP contribution in [0.25, 0.3) is 0 Å². The van der Waals surface area contributed by atoms with Gasteiger partial charge in [-0.2, -0.15) is 4.37 Å². The fourth-order valence-corrected chi connectivity index (χ4v) is 3.27. The van der Waals surface area contributed by atoms with Gasteiger partial charge in [-0.25, -0.2) is 4.98 Å². The average molecular weight is 331 g/mol. The van der Waals surface area contributed by atoms with Crippen molar-refractivity contribution in [3.05, 3.63) is 41.7 Å². The van der Waals surface area contributed by atoms with Crippen LogP contribution in [0.5, 0.6) is 0 Å². The van der Waals surface area contributed by atoms with Gasteiger partial charge in [0.2, 0.25) is 11.0 Å². The lowest BCUT2D eigenvalue weighted by atomic mass is 10.1. The lowest BCUT2D eigenvalue weighted by molar-refractivity contribution is -0.122. The molecule has 1 aliphatic heterocycles. The first-order valence-electron chi connectivity index (χ1n) is 7.77. The number of carbonyl (C=O) groups excluding carboxylic acids is 1. The van der Waals surface area contributed by atoms with Gasteiger partial charge >= 0.3 is 0 Å². The molecule has 1 fully saturated rings. The number of hydrogen-bond donors (Lipinski definition) is 1. The molecule has 1 saturated heterocycles. The molecule has 23 heavy (non-hydrogen) atoms. The Labute approximate surface area is 140 Å². The first-order valence-corrected chi connectivity index (χ1v) is 8.54. The number of aryl methyl sites for hydroxylation is 1. The number of hydrogen-bond acceptors (Lipinski definition) is 6. The molecule has 2 heterocycles. The predicted molar refractivity (Wildman–Crippen MR) is 91.6 cm³/mol. The maximum absolute atomic E-state index is 12.1. The molecular weight excluding hydrogens is 310 g/mol. The van der Waals surface area contributed by atoms with Crippen LogP contribution in [0.1, 0.15) is 11.1 Å². The number of rotatable bonds is 5. The third kappa shape index (κ3) is 4.49. The summed E-state index contributed by atoms with van der Waals surface area (Å²) in [6.07, 6.45) is 1.59. The van der Waals surface area contributed by atoms with Gasteiger partial charge in [-0.3, -0.25) is 9.69 Å². The molecular formula is C16H21N5OS. The summed E-state index contributed by atoms with van der Waals surface area (Å²) >= 11 is 1.42. The Bertz CT molecular complexity index is 638. The number of benzene rings is 1. The summed E-state index contributed by atoms with van der Waals surface area (Å²) in [6.45, 7) is 6.62. The van der Waals surface area contributed by atoms with E-state index in [0.29, 0.717) is 13.1 Å². The van der Waals surface area contributed by atoms with Gasteiger partial charge in [0.15, 0.2) is 0 Å². The molecule has 0 radical (unpaired) electrons. The quantitative estimate of drug-likeness (QED) is 0.894. The summed E-state index contributed by atoms with van der Waals surface area (Å²) in [4.78, 5) is 20.7. The van der Waals surface area contributed by atoms with Crippen molar-refractivity contribution >= 4 is 22.6 Å². The highest BCUT2D eigenvalue weighted by Crippen LogP contribution is 2.16. The molecule has 7 heteroatoms. The first-order chi connectivity index (χ1) is 11.2. The molecule has 0 aliphatic carbocycles. The van der Waals surface area contributed by atoms with Gasteiger partial charge in [0.1, 0.15) is 6.33 Å². The third-order valence-corrected chi connectivity index (χ3v) is 4.66. The molecule has 1 aliphatic rings. The normalized spacial score (nSPS) is 15.6. The number of piperazine rings is 1. The fraction of sp³-hybridized carbons (Fsp3) is 0.438. The highest BCUT2D eigenvalue weighted by atomic mass is 32.1. The Balaban J connectivity index is 1.41. The molecule has 0 saturated carbocycles. The van der Waals surface area contributed by atoms with Gasteiger partial charge < -0.3 is 10.2 Å². The van der Waals surface area contributed by atoms with Gasteiger partial charge in [-0.1, -0.05) is 29.8 Å². The minimum absolute atomic E-state index is 0.0795. The van der Waals surface area contributed by atoms with Crippen molar-refractivity contribution in [3.8, 4) is 0 Å². The number of amides is 1. The van der Waals surface area contributed by atoms with Gasteiger partial charge in [-0.05, 0) is 12.5 Å². The molecule has 0 bridgehead atoms. The molecule has 1 aromatic carbocycles. The fourth-order valence-electron chi connectivity index (χ4n) is 2.69. The van der Waals surface area contributed by atoms with Crippen molar-refractivity contribution in [2.45, 2.75) is 13.5 Å². The molecule has 6 nitrogen and oxygen atoms in total. The zero-order valence-corrected chi connectivity index (χ0v) is 14.1. The van der Waals surface area contributed by atoms with Crippen LogP contribution >= 0.6 is 11.5 Å². The Morgan fingerprint density at radius 3 is 2.83 bits per heavy atom. The maximum atomic E-state index is 12.1. The second-order valence-electron chi connectivity index (χ2n) is 5.75. The van der Waals surface area contributed by atoms with Crippen LogP contribution in [-0.4, -0.2) is 52.9 Å². The van der Waals surface area contributed by atoms with E-state index in [1.165, 1.54) is 17.1 Å². The molecule has 2 aromatic rings. The zero-order chi connectivity index (χ0) is 16.1. The Hall–Kier alpha value is -1.99. The van der Waals surface area contributed by atoms with Gasteiger partial charge in [0, 0.05) is 44.3 Å². The lowest BCUT2D eigenvalue weighted by Crippen LogP contribution is -2.49. The summed E-state index contributed by atoms with van der Waals surface area (Å²) in [5.41, 5.74) is 2.35. The Morgan fingerprint density at radius 1 is 1.30 bits per heavy atom. The SMILES string of the molecule is Cc1cccc(CNC(=O)CN2CCN(c3ncns3)CC2)c1. The van der Waals surface area contributed by atoms with E-state index >= 15 is 0 Å². The van der Waals surface area contributed by atoms with E-state index in [1.807, 2.05) is 12.1 Å². The van der Waals surface area contributed by atoms with Crippen LogP contribution in [0.3, 0.4) is 0 Å². The molecule has 3 rings (SSSR count). The standard InChI is InChI=1S/C16H21N5OS/c1-13-3-2-4-14(9-13)10-17-15(22)11-20-5-7-21(8-6-20)16-18-12-19-23-16/h2-4,9,12H,5-8,10-11H2,1H3,(H,17,22). The summed E-state index contributed by atoms with van der Waals surface area (Å²) in [5.74, 6) is 0.0795. The van der Waals surface area contributed by atoms with E-state index in [0.717, 1.165) is 36.9 Å². The first kappa shape index (κ1) is 15.9. The molecule has 1 N–H and O–H groups in total. The Kier molecular flexibility index (Phi) is 5.19. The average Bonchev–Trinajstić information content (AvgIpc) is 3.08. The van der Waals surface area contributed by atoms with Crippen LogP contribution in [-0.2, 0) is 11.3 Å². The van der Waals surface area contributed by atoms with Crippen LogP contribution < -0.4 is 10.2 Å². The van der Waals surface area contributed by atoms with Crippen molar-refractivity contribution in [2.24, 2.45) is 0 Å². The highest BCUT2D eigenvalue weighted by molar-refractivity contribution is 7.09. The summed E-state index contributed by atoms with van der Waals surface area (Å²) in [6, 6.07) is 8.21. The summed E-state index contributed by atoms with van der Waals surface area (Å²) in [7, 11) is 0. The molecule has 1 amide bonds. The minimum Gasteiger partial charge on any atom is -0.351 e. The smallest absolute Gasteiger partial charge is 0.234 e. The summed E-state index contributed by atoms with van der Waals surface area (Å²) in [5, 5.41) is 3.96. The van der Waals surface area contributed by atoms with Crippen LogP contribution in [0.15, 0.2) is 30.6 Å². The van der Waals surface area contributed by atoms with Gasteiger partial charge in [-0.15, -0.1) is 0 Å². The lowest BCUT2D eigenvalue weighted by Gasteiger charge is -2.33. The number of aromatic nitrogens is 2. The topological polar surface area (TPSA) is 61.4 Å². The maximum Gasteiger partial charge on any atom is 0.234 e. The van der Waals surface area contributed by atoms with Crippen molar-refractivity contribution in [3.63, 3.8) is 0 Å². The van der Waals surface area contributed by atoms with E-state index in [4.69, 9.17) is 0 Å². The Morgan fingerprint density at radius 2 is 2.13 bits per heavy atom.